The van der Waals surface area contributed by atoms with E-state index in [0.29, 0.717) is 0 Å². The molecule has 21 heavy (non-hydrogen) atoms. The normalized spacial score (nSPS) is 55.4. The van der Waals surface area contributed by atoms with Crippen LogP contribution in [0.2, 0.25) is 0 Å². The van der Waals surface area contributed by atoms with Gasteiger partial charge in [0.05, 0.1) is 12.2 Å². The first-order valence-corrected chi connectivity index (χ1v) is 6.78. The number of hydrogen-bond acceptors (Lipinski definition) is 9. The van der Waals surface area contributed by atoms with Crippen molar-refractivity contribution >= 4 is 0 Å². The van der Waals surface area contributed by atoms with Crippen molar-refractivity contribution in [2.24, 2.45) is 0 Å². The Hall–Kier alpha value is -0.360. The Kier molecular flexibility index (Phi) is 5.19. The second kappa shape index (κ2) is 6.41. The van der Waals surface area contributed by atoms with Crippen molar-refractivity contribution in [2.45, 2.75) is 75.3 Å². The van der Waals surface area contributed by atoms with Gasteiger partial charge in [0.15, 0.2) is 12.6 Å². The van der Waals surface area contributed by atoms with Crippen molar-refractivity contribution < 1.29 is 44.8 Å². The van der Waals surface area contributed by atoms with Gasteiger partial charge in [0.1, 0.15) is 36.6 Å². The monoisotopic (exact) mass is 310 g/mol. The summed E-state index contributed by atoms with van der Waals surface area (Å²) in [5, 5.41) is 58.5. The van der Waals surface area contributed by atoms with Crippen LogP contribution in [0.1, 0.15) is 13.8 Å². The molecule has 0 spiro atoms. The van der Waals surface area contributed by atoms with Gasteiger partial charge in [0.2, 0.25) is 0 Å². The number of rotatable bonds is 2. The zero-order valence-corrected chi connectivity index (χ0v) is 11.7. The summed E-state index contributed by atoms with van der Waals surface area (Å²) in [6.07, 6.45) is -13.0. The number of hydrogen-bond donors (Lipinski definition) is 6. The molecule has 10 atom stereocenters. The van der Waals surface area contributed by atoms with Crippen LogP contribution in [-0.4, -0.2) is 92.1 Å². The molecule has 2 saturated heterocycles. The fourth-order valence-electron chi connectivity index (χ4n) is 2.45. The molecule has 0 aromatic heterocycles. The van der Waals surface area contributed by atoms with E-state index in [1.165, 1.54) is 13.8 Å². The van der Waals surface area contributed by atoms with Crippen molar-refractivity contribution in [3.8, 4) is 0 Å². The maximum absolute atomic E-state index is 9.91. The summed E-state index contributed by atoms with van der Waals surface area (Å²) in [4.78, 5) is 0. The Bertz CT molecular complexity index is 354. The van der Waals surface area contributed by atoms with Crippen molar-refractivity contribution in [1.82, 2.24) is 0 Å². The highest BCUT2D eigenvalue weighted by atomic mass is 16.7. The fourth-order valence-corrected chi connectivity index (χ4v) is 2.45. The van der Waals surface area contributed by atoms with Crippen LogP contribution in [-0.2, 0) is 14.2 Å². The lowest BCUT2D eigenvalue weighted by Crippen LogP contribution is -2.62. The van der Waals surface area contributed by atoms with E-state index in [2.05, 4.69) is 0 Å². The average molecular weight is 310 g/mol. The summed E-state index contributed by atoms with van der Waals surface area (Å²) in [5.74, 6) is 0. The topological polar surface area (TPSA) is 149 Å². The maximum Gasteiger partial charge on any atom is 0.187 e. The lowest BCUT2D eigenvalue weighted by molar-refractivity contribution is -0.356. The fraction of sp³-hybridized carbons (Fsp3) is 1.00. The first-order valence-electron chi connectivity index (χ1n) is 6.78. The Morgan fingerprint density at radius 2 is 1.19 bits per heavy atom. The van der Waals surface area contributed by atoms with E-state index < -0.39 is 61.4 Å². The van der Waals surface area contributed by atoms with E-state index in [4.69, 9.17) is 14.2 Å². The SMILES string of the molecule is C[C@@H]1OC(O[C@@H]2C(O)O[C@@H](C)[C@@H](O)[C@H]2O)[C@@H](O)[C@H](O)[C@@H]1O. The zero-order chi connectivity index (χ0) is 15.9. The van der Waals surface area contributed by atoms with Gasteiger partial charge in [0, 0.05) is 0 Å². The van der Waals surface area contributed by atoms with Crippen LogP contribution in [0.5, 0.6) is 0 Å². The molecule has 124 valence electrons. The Labute approximate surface area is 121 Å². The Balaban J connectivity index is 2.06. The standard InChI is InChI=1S/C12H22O9/c1-3-6(14)8(16)10(11(18)19-3)21-12-9(17)7(15)5(13)4(2)20-12/h3-18H,1-2H3/t3-,4-,5+,6+,7+,8+,9-,10-,11?,12?/m0/s1. The second-order valence-corrected chi connectivity index (χ2v) is 5.50. The predicted octanol–water partition coefficient (Wildman–Crippen LogP) is -3.34. The molecule has 9 nitrogen and oxygen atoms in total. The first kappa shape index (κ1) is 17.0. The Morgan fingerprint density at radius 3 is 1.81 bits per heavy atom. The quantitative estimate of drug-likeness (QED) is 0.308. The summed E-state index contributed by atoms with van der Waals surface area (Å²) < 4.78 is 15.5. The summed E-state index contributed by atoms with van der Waals surface area (Å²) >= 11 is 0. The molecule has 0 aromatic carbocycles. The van der Waals surface area contributed by atoms with E-state index >= 15 is 0 Å². The molecule has 0 amide bonds. The van der Waals surface area contributed by atoms with Gasteiger partial charge in [-0.15, -0.1) is 0 Å². The lowest BCUT2D eigenvalue weighted by Gasteiger charge is -2.44. The molecule has 2 aliphatic heterocycles. The van der Waals surface area contributed by atoms with Crippen LogP contribution in [0.25, 0.3) is 0 Å². The van der Waals surface area contributed by atoms with Gasteiger partial charge in [-0.1, -0.05) is 0 Å². The van der Waals surface area contributed by atoms with Gasteiger partial charge in [-0.25, -0.2) is 0 Å². The molecule has 0 aromatic rings. The molecule has 2 unspecified atom stereocenters. The van der Waals surface area contributed by atoms with Crippen LogP contribution in [0.15, 0.2) is 0 Å². The van der Waals surface area contributed by atoms with Gasteiger partial charge in [-0.05, 0) is 13.8 Å². The number of aliphatic hydroxyl groups is 6. The highest BCUT2D eigenvalue weighted by Crippen LogP contribution is 2.28. The van der Waals surface area contributed by atoms with E-state index in [0.717, 1.165) is 0 Å². The van der Waals surface area contributed by atoms with E-state index in [1.807, 2.05) is 0 Å². The van der Waals surface area contributed by atoms with Gasteiger partial charge in [-0.3, -0.25) is 0 Å². The van der Waals surface area contributed by atoms with E-state index in [1.54, 1.807) is 0 Å². The van der Waals surface area contributed by atoms with Crippen LogP contribution in [0.4, 0.5) is 0 Å². The van der Waals surface area contributed by atoms with Crippen molar-refractivity contribution in [3.05, 3.63) is 0 Å². The molecule has 0 radical (unpaired) electrons. The van der Waals surface area contributed by atoms with Gasteiger partial charge in [0.25, 0.3) is 0 Å². The molecular weight excluding hydrogens is 288 g/mol. The predicted molar refractivity (Wildman–Crippen MR) is 65.8 cm³/mol. The van der Waals surface area contributed by atoms with Gasteiger partial charge >= 0.3 is 0 Å². The van der Waals surface area contributed by atoms with E-state index in [-0.39, 0.29) is 0 Å². The highest BCUT2D eigenvalue weighted by molar-refractivity contribution is 4.91. The minimum Gasteiger partial charge on any atom is -0.388 e. The third-order valence-electron chi connectivity index (χ3n) is 3.90. The van der Waals surface area contributed by atoms with Crippen LogP contribution in [0, 0.1) is 0 Å². The molecule has 2 rings (SSSR count). The number of aliphatic hydroxyl groups excluding tert-OH is 6. The summed E-state index contributed by atoms with van der Waals surface area (Å²) in [5.41, 5.74) is 0. The van der Waals surface area contributed by atoms with Crippen molar-refractivity contribution in [1.29, 1.82) is 0 Å². The average Bonchev–Trinajstić information content (AvgIpc) is 2.44. The summed E-state index contributed by atoms with van der Waals surface area (Å²) in [6.45, 7) is 2.94. The molecule has 2 aliphatic rings. The highest BCUT2D eigenvalue weighted by Gasteiger charge is 2.48. The molecule has 9 heteroatoms. The molecular formula is C12H22O9. The van der Waals surface area contributed by atoms with Crippen LogP contribution in [0.3, 0.4) is 0 Å². The molecule has 6 N–H and O–H groups in total. The largest absolute Gasteiger partial charge is 0.388 e. The lowest BCUT2D eigenvalue weighted by atomic mass is 9.98. The minimum absolute atomic E-state index is 0.793. The molecule has 0 saturated carbocycles. The maximum atomic E-state index is 9.91. The third kappa shape index (κ3) is 3.21. The zero-order valence-electron chi connectivity index (χ0n) is 11.7. The second-order valence-electron chi connectivity index (χ2n) is 5.50. The smallest absolute Gasteiger partial charge is 0.187 e. The number of ether oxygens (including phenoxy) is 3. The van der Waals surface area contributed by atoms with Crippen molar-refractivity contribution in [3.63, 3.8) is 0 Å². The molecule has 2 fully saturated rings. The summed E-state index contributed by atoms with van der Waals surface area (Å²) in [7, 11) is 0. The van der Waals surface area contributed by atoms with E-state index in [9.17, 15) is 30.6 Å². The molecule has 0 aliphatic carbocycles. The minimum atomic E-state index is -1.58. The van der Waals surface area contributed by atoms with Crippen LogP contribution >= 0.6 is 0 Å². The molecule has 0 bridgehead atoms. The Morgan fingerprint density at radius 1 is 0.667 bits per heavy atom. The first-order chi connectivity index (χ1) is 9.73. The van der Waals surface area contributed by atoms with Crippen molar-refractivity contribution in [2.75, 3.05) is 0 Å². The van der Waals surface area contributed by atoms with Crippen LogP contribution < -0.4 is 0 Å². The summed E-state index contributed by atoms with van der Waals surface area (Å²) in [6, 6.07) is 0. The third-order valence-corrected chi connectivity index (χ3v) is 3.90. The molecule has 2 heterocycles. The van der Waals surface area contributed by atoms with Gasteiger partial charge in [-0.2, -0.15) is 0 Å². The van der Waals surface area contributed by atoms with Gasteiger partial charge < -0.3 is 44.8 Å².